The number of hydrogen-bond acceptors (Lipinski definition) is 3. The second kappa shape index (κ2) is 9.52. The van der Waals surface area contributed by atoms with Crippen LogP contribution in [0.2, 0.25) is 0 Å². The van der Waals surface area contributed by atoms with Crippen LogP contribution in [0.25, 0.3) is 0 Å². The highest BCUT2D eigenvalue weighted by molar-refractivity contribution is 9.10. The zero-order chi connectivity index (χ0) is 19.1. The van der Waals surface area contributed by atoms with Gasteiger partial charge in [-0.1, -0.05) is 76.6 Å². The Labute approximate surface area is 170 Å². The number of ether oxygens (including phenoxy) is 2. The van der Waals surface area contributed by atoms with Crippen LogP contribution in [0.5, 0.6) is 0 Å². The number of alkyl halides is 1. The third-order valence-electron chi connectivity index (χ3n) is 5.30. The first-order valence-electron chi connectivity index (χ1n) is 9.59. The Balaban J connectivity index is 1.96. The topological polar surface area (TPSA) is 35.5 Å². The van der Waals surface area contributed by atoms with Crippen molar-refractivity contribution in [1.82, 2.24) is 0 Å². The molecule has 0 radical (unpaired) electrons. The van der Waals surface area contributed by atoms with Gasteiger partial charge in [0.2, 0.25) is 0 Å². The highest BCUT2D eigenvalue weighted by Crippen LogP contribution is 2.40. The van der Waals surface area contributed by atoms with Gasteiger partial charge >= 0.3 is 5.97 Å². The highest BCUT2D eigenvalue weighted by atomic mass is 79.9. The van der Waals surface area contributed by atoms with Gasteiger partial charge in [0.05, 0.1) is 6.61 Å². The summed E-state index contributed by atoms with van der Waals surface area (Å²) in [6, 6.07) is 21.0. The quantitative estimate of drug-likeness (QED) is 0.479. The van der Waals surface area contributed by atoms with E-state index in [2.05, 4.69) is 64.5 Å². The Kier molecular flexibility index (Phi) is 7.08. The zero-order valence-corrected chi connectivity index (χ0v) is 17.4. The summed E-state index contributed by atoms with van der Waals surface area (Å²) >= 11 is 3.34. The summed E-state index contributed by atoms with van der Waals surface area (Å²) in [4.78, 5) is 12.1. The van der Waals surface area contributed by atoms with E-state index in [0.717, 1.165) is 25.7 Å². The predicted octanol–water partition coefficient (Wildman–Crippen LogP) is 4.96. The third kappa shape index (κ3) is 5.43. The molecule has 2 aromatic carbocycles. The van der Waals surface area contributed by atoms with E-state index in [1.165, 1.54) is 11.1 Å². The summed E-state index contributed by atoms with van der Waals surface area (Å²) < 4.78 is 11.8. The van der Waals surface area contributed by atoms with Crippen molar-refractivity contribution in [2.24, 2.45) is 5.41 Å². The summed E-state index contributed by atoms with van der Waals surface area (Å²) in [7, 11) is 0. The number of benzene rings is 2. The van der Waals surface area contributed by atoms with Crippen LogP contribution in [-0.4, -0.2) is 30.1 Å². The average molecular weight is 431 g/mol. The minimum atomic E-state index is -0.327. The van der Waals surface area contributed by atoms with E-state index in [4.69, 9.17) is 9.47 Å². The van der Waals surface area contributed by atoms with Gasteiger partial charge in [-0.3, -0.25) is 4.79 Å². The van der Waals surface area contributed by atoms with Crippen LogP contribution in [0.3, 0.4) is 0 Å². The summed E-state index contributed by atoms with van der Waals surface area (Å²) in [5.41, 5.74) is 2.35. The van der Waals surface area contributed by atoms with Gasteiger partial charge in [0.1, 0.15) is 10.9 Å². The lowest BCUT2D eigenvalue weighted by Gasteiger charge is -2.39. The van der Waals surface area contributed by atoms with Crippen LogP contribution in [0.1, 0.15) is 30.9 Å². The normalized spacial score (nSPS) is 20.4. The van der Waals surface area contributed by atoms with E-state index in [1.807, 2.05) is 12.1 Å². The van der Waals surface area contributed by atoms with Crippen molar-refractivity contribution in [3.05, 3.63) is 71.8 Å². The standard InChI is InChI=1S/C23H27BrO3/c1-18(24)22(25)27-21-17-26-14-8-13-23(21,15-19-9-4-2-5-10-19)16-20-11-6-3-7-12-20/h2-7,9-12,18,21H,8,13-17H2,1H3. The molecule has 27 heavy (non-hydrogen) atoms. The lowest BCUT2D eigenvalue weighted by atomic mass is 9.69. The van der Waals surface area contributed by atoms with Gasteiger partial charge in [-0.15, -0.1) is 0 Å². The zero-order valence-electron chi connectivity index (χ0n) is 15.8. The number of hydrogen-bond donors (Lipinski definition) is 0. The summed E-state index contributed by atoms with van der Waals surface area (Å²) in [5, 5.41) is 0. The molecule has 1 aliphatic heterocycles. The summed E-state index contributed by atoms with van der Waals surface area (Å²) in [5.74, 6) is -0.226. The van der Waals surface area contributed by atoms with Crippen molar-refractivity contribution < 1.29 is 14.3 Å². The molecule has 2 unspecified atom stereocenters. The molecule has 0 aromatic heterocycles. The van der Waals surface area contributed by atoms with E-state index in [-0.39, 0.29) is 22.3 Å². The third-order valence-corrected chi connectivity index (χ3v) is 5.67. The van der Waals surface area contributed by atoms with E-state index in [9.17, 15) is 4.79 Å². The number of rotatable bonds is 6. The SMILES string of the molecule is CC(Br)C(=O)OC1COCCCC1(Cc1ccccc1)Cc1ccccc1. The fourth-order valence-corrected chi connectivity index (χ4v) is 4.03. The van der Waals surface area contributed by atoms with Crippen molar-refractivity contribution in [2.45, 2.75) is 43.5 Å². The van der Waals surface area contributed by atoms with Crippen LogP contribution < -0.4 is 0 Å². The maximum absolute atomic E-state index is 12.4. The van der Waals surface area contributed by atoms with Crippen molar-refractivity contribution >= 4 is 21.9 Å². The molecule has 4 heteroatoms. The molecular weight excluding hydrogens is 404 g/mol. The molecule has 0 aliphatic carbocycles. The second-order valence-electron chi connectivity index (χ2n) is 7.41. The lowest BCUT2D eigenvalue weighted by molar-refractivity contribution is -0.159. The van der Waals surface area contributed by atoms with E-state index in [1.54, 1.807) is 6.92 Å². The molecule has 1 saturated heterocycles. The largest absolute Gasteiger partial charge is 0.458 e. The average Bonchev–Trinajstić information content (AvgIpc) is 2.86. The van der Waals surface area contributed by atoms with Gasteiger partial charge in [-0.05, 0) is 43.7 Å². The minimum Gasteiger partial charge on any atom is -0.458 e. The molecule has 1 fully saturated rings. The smallest absolute Gasteiger partial charge is 0.319 e. The molecule has 0 saturated carbocycles. The van der Waals surface area contributed by atoms with E-state index < -0.39 is 0 Å². The molecule has 0 spiro atoms. The number of carbonyl (C=O) groups excluding carboxylic acids is 1. The Morgan fingerprint density at radius 1 is 1.11 bits per heavy atom. The minimum absolute atomic E-state index is 0.184. The van der Waals surface area contributed by atoms with Crippen molar-refractivity contribution in [1.29, 1.82) is 0 Å². The first kappa shape index (κ1) is 20.1. The fourth-order valence-electron chi connectivity index (χ4n) is 3.92. The second-order valence-corrected chi connectivity index (χ2v) is 8.78. The van der Waals surface area contributed by atoms with Crippen molar-refractivity contribution in [2.75, 3.05) is 13.2 Å². The Morgan fingerprint density at radius 3 is 2.19 bits per heavy atom. The first-order valence-corrected chi connectivity index (χ1v) is 10.5. The molecule has 0 N–H and O–H groups in total. The maximum atomic E-state index is 12.4. The molecule has 1 heterocycles. The van der Waals surface area contributed by atoms with Crippen LogP contribution >= 0.6 is 15.9 Å². The van der Waals surface area contributed by atoms with Gasteiger partial charge in [0.15, 0.2) is 0 Å². The van der Waals surface area contributed by atoms with Gasteiger partial charge in [-0.2, -0.15) is 0 Å². The van der Waals surface area contributed by atoms with Crippen LogP contribution in [0.15, 0.2) is 60.7 Å². The van der Waals surface area contributed by atoms with Gasteiger partial charge in [-0.25, -0.2) is 0 Å². The number of esters is 1. The molecule has 1 aliphatic rings. The monoisotopic (exact) mass is 430 g/mol. The van der Waals surface area contributed by atoms with Gasteiger partial charge < -0.3 is 9.47 Å². The summed E-state index contributed by atoms with van der Waals surface area (Å²) in [6.07, 6.45) is 3.39. The molecule has 0 bridgehead atoms. The molecule has 0 amide bonds. The fraction of sp³-hybridized carbons (Fsp3) is 0.435. The van der Waals surface area contributed by atoms with E-state index in [0.29, 0.717) is 13.2 Å². The van der Waals surface area contributed by atoms with Gasteiger partial charge in [0, 0.05) is 12.0 Å². The Morgan fingerprint density at radius 2 is 1.67 bits per heavy atom. The number of halogens is 1. The van der Waals surface area contributed by atoms with E-state index >= 15 is 0 Å². The summed E-state index contributed by atoms with van der Waals surface area (Å²) in [6.45, 7) is 2.96. The predicted molar refractivity (Wildman–Crippen MR) is 111 cm³/mol. The molecular formula is C23H27BrO3. The van der Waals surface area contributed by atoms with Crippen molar-refractivity contribution in [3.8, 4) is 0 Å². The lowest BCUT2D eigenvalue weighted by Crippen LogP contribution is -2.44. The molecule has 3 nitrogen and oxygen atoms in total. The molecule has 144 valence electrons. The molecule has 2 atom stereocenters. The number of carbonyl (C=O) groups is 1. The Bertz CT molecular complexity index is 673. The van der Waals surface area contributed by atoms with Crippen LogP contribution in [-0.2, 0) is 27.1 Å². The highest BCUT2D eigenvalue weighted by Gasteiger charge is 2.43. The Hall–Kier alpha value is -1.65. The molecule has 2 aromatic rings. The first-order chi connectivity index (χ1) is 13.1. The van der Waals surface area contributed by atoms with Crippen LogP contribution in [0.4, 0.5) is 0 Å². The molecule has 3 rings (SSSR count). The van der Waals surface area contributed by atoms with Crippen LogP contribution in [0, 0.1) is 5.41 Å². The van der Waals surface area contributed by atoms with Crippen molar-refractivity contribution in [3.63, 3.8) is 0 Å². The maximum Gasteiger partial charge on any atom is 0.319 e. The van der Waals surface area contributed by atoms with Gasteiger partial charge in [0.25, 0.3) is 0 Å².